The maximum atomic E-state index is 4.19. The molecule has 3 nitrogen and oxygen atoms in total. The highest BCUT2D eigenvalue weighted by atomic mass is 79.9. The molecule has 0 radical (unpaired) electrons. The van der Waals surface area contributed by atoms with Gasteiger partial charge in [0.15, 0.2) is 0 Å². The van der Waals surface area contributed by atoms with Gasteiger partial charge in [-0.3, -0.25) is 0 Å². The molecule has 17 heavy (non-hydrogen) atoms. The van der Waals surface area contributed by atoms with Gasteiger partial charge >= 0.3 is 0 Å². The van der Waals surface area contributed by atoms with Crippen LogP contribution in [-0.4, -0.2) is 9.55 Å². The van der Waals surface area contributed by atoms with E-state index < -0.39 is 0 Å². The van der Waals surface area contributed by atoms with Gasteiger partial charge < -0.3 is 9.88 Å². The maximum Gasteiger partial charge on any atom is 0.0951 e. The standard InChI is InChI=1S/C12H16BrN3S/c1-9(2)16-8-15-5-11(16)4-14-6-12-3-10(13)7-17-12/h3,5,7-9,14H,4,6H2,1-2H3. The first-order valence-corrected chi connectivity index (χ1v) is 7.28. The summed E-state index contributed by atoms with van der Waals surface area (Å²) in [5, 5.41) is 5.55. The van der Waals surface area contributed by atoms with Crippen LogP contribution in [-0.2, 0) is 13.1 Å². The number of nitrogens with one attached hydrogen (secondary N) is 1. The molecule has 0 bridgehead atoms. The second kappa shape index (κ2) is 5.80. The smallest absolute Gasteiger partial charge is 0.0951 e. The van der Waals surface area contributed by atoms with E-state index in [0.717, 1.165) is 17.6 Å². The molecule has 0 saturated carbocycles. The minimum absolute atomic E-state index is 0.463. The predicted octanol–water partition coefficient (Wildman–Crippen LogP) is 3.58. The number of rotatable bonds is 5. The zero-order valence-corrected chi connectivity index (χ0v) is 12.4. The zero-order valence-electron chi connectivity index (χ0n) is 9.98. The number of hydrogen-bond donors (Lipinski definition) is 1. The molecule has 0 aliphatic heterocycles. The Kier molecular flexibility index (Phi) is 4.36. The van der Waals surface area contributed by atoms with Crippen LogP contribution in [0.1, 0.15) is 30.5 Å². The summed E-state index contributed by atoms with van der Waals surface area (Å²) in [6.07, 6.45) is 3.82. The van der Waals surface area contributed by atoms with Crippen molar-refractivity contribution in [1.29, 1.82) is 0 Å². The molecule has 1 N–H and O–H groups in total. The van der Waals surface area contributed by atoms with Crippen molar-refractivity contribution in [2.45, 2.75) is 33.0 Å². The number of aromatic nitrogens is 2. The van der Waals surface area contributed by atoms with E-state index in [0.29, 0.717) is 6.04 Å². The summed E-state index contributed by atoms with van der Waals surface area (Å²) in [6.45, 7) is 6.09. The second-order valence-corrected chi connectivity index (χ2v) is 6.13. The van der Waals surface area contributed by atoms with Gasteiger partial charge in [0.1, 0.15) is 0 Å². The lowest BCUT2D eigenvalue weighted by molar-refractivity contribution is 0.551. The third-order valence-electron chi connectivity index (χ3n) is 2.53. The Morgan fingerprint density at radius 3 is 2.94 bits per heavy atom. The van der Waals surface area contributed by atoms with E-state index in [4.69, 9.17) is 0 Å². The van der Waals surface area contributed by atoms with Crippen molar-refractivity contribution in [3.63, 3.8) is 0 Å². The van der Waals surface area contributed by atoms with E-state index in [1.54, 1.807) is 11.3 Å². The Morgan fingerprint density at radius 2 is 2.29 bits per heavy atom. The quantitative estimate of drug-likeness (QED) is 0.914. The molecule has 2 aromatic heterocycles. The fraction of sp³-hybridized carbons (Fsp3) is 0.417. The van der Waals surface area contributed by atoms with E-state index in [9.17, 15) is 0 Å². The fourth-order valence-corrected chi connectivity index (χ4v) is 3.11. The fourth-order valence-electron chi connectivity index (χ4n) is 1.69. The summed E-state index contributed by atoms with van der Waals surface area (Å²) in [6, 6.07) is 2.61. The Bertz CT molecular complexity index is 476. The Labute approximate surface area is 114 Å². The number of nitrogens with zero attached hydrogens (tertiary/aromatic N) is 2. The molecule has 2 heterocycles. The van der Waals surface area contributed by atoms with Crippen molar-refractivity contribution < 1.29 is 0 Å². The molecule has 2 rings (SSSR count). The van der Waals surface area contributed by atoms with Crippen LogP contribution in [0, 0.1) is 0 Å². The lowest BCUT2D eigenvalue weighted by atomic mass is 10.3. The number of hydrogen-bond acceptors (Lipinski definition) is 3. The van der Waals surface area contributed by atoms with Crippen molar-refractivity contribution in [3.8, 4) is 0 Å². The van der Waals surface area contributed by atoms with Crippen LogP contribution in [0.2, 0.25) is 0 Å². The summed E-state index contributed by atoms with van der Waals surface area (Å²) < 4.78 is 3.35. The third kappa shape index (κ3) is 3.40. The molecule has 0 saturated heterocycles. The predicted molar refractivity (Wildman–Crippen MR) is 75.2 cm³/mol. The van der Waals surface area contributed by atoms with Crippen LogP contribution in [0.4, 0.5) is 0 Å². The molecule has 2 aromatic rings. The van der Waals surface area contributed by atoms with E-state index in [-0.39, 0.29) is 0 Å². The lowest BCUT2D eigenvalue weighted by Crippen LogP contribution is -2.15. The summed E-state index contributed by atoms with van der Waals surface area (Å²) in [5.74, 6) is 0. The molecule has 5 heteroatoms. The van der Waals surface area contributed by atoms with Gasteiger partial charge in [-0.2, -0.15) is 0 Å². The maximum absolute atomic E-state index is 4.19. The molecule has 0 fully saturated rings. The van der Waals surface area contributed by atoms with Crippen LogP contribution in [0.15, 0.2) is 28.4 Å². The summed E-state index contributed by atoms with van der Waals surface area (Å²) in [4.78, 5) is 5.53. The molecule has 0 spiro atoms. The highest BCUT2D eigenvalue weighted by molar-refractivity contribution is 9.10. The van der Waals surface area contributed by atoms with Gasteiger partial charge in [-0.05, 0) is 35.8 Å². The van der Waals surface area contributed by atoms with E-state index >= 15 is 0 Å². The Morgan fingerprint density at radius 1 is 1.47 bits per heavy atom. The van der Waals surface area contributed by atoms with Gasteiger partial charge in [-0.15, -0.1) is 11.3 Å². The van der Waals surface area contributed by atoms with Crippen molar-refractivity contribution in [2.75, 3.05) is 0 Å². The molecule has 0 atom stereocenters. The average Bonchev–Trinajstić information content (AvgIpc) is 2.87. The molecule has 0 aromatic carbocycles. The van der Waals surface area contributed by atoms with Crippen molar-refractivity contribution in [2.24, 2.45) is 0 Å². The first kappa shape index (κ1) is 12.8. The zero-order chi connectivity index (χ0) is 12.3. The monoisotopic (exact) mass is 313 g/mol. The summed E-state index contributed by atoms with van der Waals surface area (Å²) >= 11 is 5.23. The van der Waals surface area contributed by atoms with Gasteiger partial charge in [-0.25, -0.2) is 4.98 Å². The van der Waals surface area contributed by atoms with E-state index in [1.165, 1.54) is 10.6 Å². The normalized spacial score (nSPS) is 11.3. The molecule has 0 amide bonds. The highest BCUT2D eigenvalue weighted by Crippen LogP contribution is 2.19. The van der Waals surface area contributed by atoms with Crippen LogP contribution in [0.5, 0.6) is 0 Å². The van der Waals surface area contributed by atoms with Crippen molar-refractivity contribution in [1.82, 2.24) is 14.9 Å². The molecule has 0 aliphatic rings. The Balaban J connectivity index is 1.88. The van der Waals surface area contributed by atoms with Crippen molar-refractivity contribution >= 4 is 27.3 Å². The third-order valence-corrected chi connectivity index (χ3v) is 4.23. The van der Waals surface area contributed by atoms with Crippen LogP contribution < -0.4 is 5.32 Å². The van der Waals surface area contributed by atoms with E-state index in [2.05, 4.69) is 56.1 Å². The SMILES string of the molecule is CC(C)n1cncc1CNCc1cc(Br)cs1. The van der Waals surface area contributed by atoms with Gasteiger partial charge in [0.25, 0.3) is 0 Å². The molecule has 92 valence electrons. The van der Waals surface area contributed by atoms with E-state index in [1.807, 2.05) is 12.5 Å². The molecule has 0 unspecified atom stereocenters. The van der Waals surface area contributed by atoms with Gasteiger partial charge in [-0.1, -0.05) is 0 Å². The molecular formula is C12H16BrN3S. The average molecular weight is 314 g/mol. The minimum atomic E-state index is 0.463. The summed E-state index contributed by atoms with van der Waals surface area (Å²) in [5.41, 5.74) is 1.23. The molecular weight excluding hydrogens is 298 g/mol. The van der Waals surface area contributed by atoms with Gasteiger partial charge in [0, 0.05) is 40.1 Å². The lowest BCUT2D eigenvalue weighted by Gasteiger charge is -2.11. The van der Waals surface area contributed by atoms with Gasteiger partial charge in [0.2, 0.25) is 0 Å². The van der Waals surface area contributed by atoms with Crippen LogP contribution >= 0.6 is 27.3 Å². The first-order valence-electron chi connectivity index (χ1n) is 5.61. The Hall–Kier alpha value is -0.650. The number of thiophene rings is 1. The number of halogens is 1. The summed E-state index contributed by atoms with van der Waals surface area (Å²) in [7, 11) is 0. The first-order chi connectivity index (χ1) is 8.16. The molecule has 0 aliphatic carbocycles. The van der Waals surface area contributed by atoms with Crippen LogP contribution in [0.3, 0.4) is 0 Å². The number of imidazole rings is 1. The van der Waals surface area contributed by atoms with Gasteiger partial charge in [0.05, 0.1) is 12.0 Å². The largest absolute Gasteiger partial charge is 0.331 e. The highest BCUT2D eigenvalue weighted by Gasteiger charge is 2.05. The minimum Gasteiger partial charge on any atom is -0.331 e. The van der Waals surface area contributed by atoms with Crippen LogP contribution in [0.25, 0.3) is 0 Å². The second-order valence-electron chi connectivity index (χ2n) is 4.22. The topological polar surface area (TPSA) is 29.9 Å². The van der Waals surface area contributed by atoms with Crippen molar-refractivity contribution in [3.05, 3.63) is 39.0 Å².